The maximum atomic E-state index is 10.7. The van der Waals surface area contributed by atoms with Crippen molar-refractivity contribution in [1.29, 1.82) is 0 Å². The van der Waals surface area contributed by atoms with Gasteiger partial charge in [-0.15, -0.1) is 0 Å². The Hall–Kier alpha value is -2.35. The van der Waals surface area contributed by atoms with E-state index in [1.54, 1.807) is 0 Å². The number of benzene rings is 2. The predicted octanol–water partition coefficient (Wildman–Crippen LogP) is 3.63. The largest absolute Gasteiger partial charge is 0.478 e. The maximum Gasteiger partial charge on any atom is 0.327 e. The molecule has 1 saturated carbocycles. The third kappa shape index (κ3) is 2.14. The molecule has 0 bridgehead atoms. The fourth-order valence-corrected chi connectivity index (χ4v) is 3.02. The molecule has 1 atom stereocenters. The molecule has 0 aliphatic heterocycles. The lowest BCUT2D eigenvalue weighted by Gasteiger charge is -2.18. The van der Waals surface area contributed by atoms with Crippen LogP contribution < -0.4 is 0 Å². The molecule has 0 amide bonds. The van der Waals surface area contributed by atoms with Crippen molar-refractivity contribution in [1.82, 2.24) is 0 Å². The summed E-state index contributed by atoms with van der Waals surface area (Å²) < 4.78 is 0. The van der Waals surface area contributed by atoms with E-state index in [9.17, 15) is 4.79 Å². The molecule has 1 N–H and O–H groups in total. The molecule has 2 aromatic rings. The summed E-state index contributed by atoms with van der Waals surface area (Å²) in [5.74, 6) is -0.629. The van der Waals surface area contributed by atoms with Crippen LogP contribution in [0.5, 0.6) is 0 Å². The van der Waals surface area contributed by atoms with E-state index < -0.39 is 5.97 Å². The van der Waals surface area contributed by atoms with Crippen LogP contribution in [0.3, 0.4) is 0 Å². The van der Waals surface area contributed by atoms with Gasteiger partial charge in [0.1, 0.15) is 0 Å². The minimum atomic E-state index is -0.882. The van der Waals surface area contributed by atoms with Crippen molar-refractivity contribution in [3.63, 3.8) is 0 Å². The Kier molecular flexibility index (Phi) is 3.15. The lowest BCUT2D eigenvalue weighted by molar-refractivity contribution is -0.131. The van der Waals surface area contributed by atoms with E-state index in [-0.39, 0.29) is 11.3 Å². The average molecular weight is 264 g/mol. The lowest BCUT2D eigenvalue weighted by Crippen LogP contribution is -2.11. The van der Waals surface area contributed by atoms with Gasteiger partial charge in [-0.25, -0.2) is 4.79 Å². The summed E-state index contributed by atoms with van der Waals surface area (Å²) in [5, 5.41) is 8.81. The topological polar surface area (TPSA) is 37.3 Å². The van der Waals surface area contributed by atoms with Crippen LogP contribution in [-0.2, 0) is 10.2 Å². The molecule has 1 aliphatic carbocycles. The van der Waals surface area contributed by atoms with Crippen molar-refractivity contribution >= 4 is 5.97 Å². The Morgan fingerprint density at radius 3 is 1.95 bits per heavy atom. The van der Waals surface area contributed by atoms with Crippen LogP contribution in [0.2, 0.25) is 0 Å². The third-order valence-electron chi connectivity index (χ3n) is 4.06. The van der Waals surface area contributed by atoms with Gasteiger partial charge in [0.15, 0.2) is 0 Å². The van der Waals surface area contributed by atoms with Crippen molar-refractivity contribution in [2.24, 2.45) is 5.92 Å². The average Bonchev–Trinajstić information content (AvgIpc) is 3.23. The first-order valence-electron chi connectivity index (χ1n) is 6.75. The van der Waals surface area contributed by atoms with Gasteiger partial charge in [-0.1, -0.05) is 66.7 Å². The van der Waals surface area contributed by atoms with E-state index in [0.717, 1.165) is 6.42 Å². The first-order valence-corrected chi connectivity index (χ1v) is 6.75. The quantitative estimate of drug-likeness (QED) is 0.856. The number of hydrogen-bond acceptors (Lipinski definition) is 1. The van der Waals surface area contributed by atoms with Crippen molar-refractivity contribution in [3.8, 4) is 0 Å². The number of allylic oxidation sites excluding steroid dienone is 1. The maximum absolute atomic E-state index is 10.7. The second-order valence-corrected chi connectivity index (χ2v) is 5.21. The summed E-state index contributed by atoms with van der Waals surface area (Å²) in [6.07, 6.45) is 4.05. The molecular formula is C18H16O2. The molecule has 1 aliphatic rings. The van der Waals surface area contributed by atoms with Gasteiger partial charge in [0.25, 0.3) is 0 Å². The van der Waals surface area contributed by atoms with Gasteiger partial charge >= 0.3 is 5.97 Å². The zero-order valence-corrected chi connectivity index (χ0v) is 11.1. The number of aliphatic carboxylic acids is 1. The molecule has 2 heteroatoms. The van der Waals surface area contributed by atoms with Crippen LogP contribution in [0, 0.1) is 5.92 Å². The molecule has 0 spiro atoms. The summed E-state index contributed by atoms with van der Waals surface area (Å²) in [5.41, 5.74) is 2.45. The Morgan fingerprint density at radius 2 is 1.50 bits per heavy atom. The van der Waals surface area contributed by atoms with E-state index in [1.807, 2.05) is 42.5 Å². The second-order valence-electron chi connectivity index (χ2n) is 5.21. The van der Waals surface area contributed by atoms with E-state index in [1.165, 1.54) is 17.2 Å². The third-order valence-corrected chi connectivity index (χ3v) is 4.06. The normalized spacial score (nSPS) is 19.9. The van der Waals surface area contributed by atoms with Crippen molar-refractivity contribution < 1.29 is 9.90 Å². The van der Waals surface area contributed by atoms with Gasteiger partial charge in [-0.2, -0.15) is 0 Å². The van der Waals surface area contributed by atoms with Gasteiger partial charge in [-0.05, 0) is 23.5 Å². The molecule has 100 valence electrons. The van der Waals surface area contributed by atoms with E-state index in [4.69, 9.17) is 5.11 Å². The molecule has 3 rings (SSSR count). The monoisotopic (exact) mass is 264 g/mol. The minimum Gasteiger partial charge on any atom is -0.478 e. The fourth-order valence-electron chi connectivity index (χ4n) is 3.02. The minimum absolute atomic E-state index is 0.0610. The molecule has 2 aromatic carbocycles. The molecule has 1 unspecified atom stereocenters. The highest BCUT2D eigenvalue weighted by molar-refractivity contribution is 5.80. The standard InChI is InChI=1S/C18H16O2/c19-17(20)12-11-16-13-18(16,14-7-3-1-4-8-14)15-9-5-2-6-10-15/h1-12,16H,13H2,(H,19,20)/b12-11+. The summed E-state index contributed by atoms with van der Waals surface area (Å²) in [4.78, 5) is 10.7. The zero-order chi connectivity index (χ0) is 14.0. The first kappa shape index (κ1) is 12.7. The highest BCUT2D eigenvalue weighted by atomic mass is 16.4. The Labute approximate surface area is 118 Å². The molecule has 2 nitrogen and oxygen atoms in total. The molecular weight excluding hydrogens is 248 g/mol. The summed E-state index contributed by atoms with van der Waals surface area (Å²) in [6, 6.07) is 20.7. The van der Waals surface area contributed by atoms with Crippen LogP contribution in [0.25, 0.3) is 0 Å². The van der Waals surface area contributed by atoms with Gasteiger partial charge in [0.2, 0.25) is 0 Å². The summed E-state index contributed by atoms with van der Waals surface area (Å²) in [6.45, 7) is 0. The number of hydrogen-bond donors (Lipinski definition) is 1. The number of rotatable bonds is 4. The molecule has 0 radical (unpaired) electrons. The smallest absolute Gasteiger partial charge is 0.327 e. The van der Waals surface area contributed by atoms with E-state index in [0.29, 0.717) is 0 Å². The first-order chi connectivity index (χ1) is 9.73. The van der Waals surface area contributed by atoms with Crippen LogP contribution >= 0.6 is 0 Å². The van der Waals surface area contributed by atoms with Crippen LogP contribution in [-0.4, -0.2) is 11.1 Å². The molecule has 0 saturated heterocycles. The van der Waals surface area contributed by atoms with Crippen molar-refractivity contribution in [2.75, 3.05) is 0 Å². The van der Waals surface area contributed by atoms with Crippen LogP contribution in [0.15, 0.2) is 72.8 Å². The predicted molar refractivity (Wildman–Crippen MR) is 78.5 cm³/mol. The highest BCUT2D eigenvalue weighted by Crippen LogP contribution is 2.59. The van der Waals surface area contributed by atoms with Crippen LogP contribution in [0.1, 0.15) is 17.5 Å². The van der Waals surface area contributed by atoms with Gasteiger partial charge in [-0.3, -0.25) is 0 Å². The van der Waals surface area contributed by atoms with Crippen molar-refractivity contribution in [3.05, 3.63) is 83.9 Å². The summed E-state index contributed by atoms with van der Waals surface area (Å²) in [7, 11) is 0. The Balaban J connectivity index is 2.01. The SMILES string of the molecule is O=C(O)/C=C/C1CC1(c1ccccc1)c1ccccc1. The molecule has 0 aromatic heterocycles. The Bertz CT molecular complexity index is 589. The van der Waals surface area contributed by atoms with Gasteiger partial charge in [0, 0.05) is 11.5 Å². The Morgan fingerprint density at radius 1 is 1.00 bits per heavy atom. The van der Waals surface area contributed by atoms with Crippen molar-refractivity contribution in [2.45, 2.75) is 11.8 Å². The molecule has 20 heavy (non-hydrogen) atoms. The fraction of sp³-hybridized carbons (Fsp3) is 0.167. The lowest BCUT2D eigenvalue weighted by atomic mass is 9.85. The second kappa shape index (κ2) is 4.97. The number of carbonyl (C=O) groups is 1. The number of carboxylic acid groups (broad SMARTS) is 1. The van der Waals surface area contributed by atoms with E-state index >= 15 is 0 Å². The van der Waals surface area contributed by atoms with Crippen LogP contribution in [0.4, 0.5) is 0 Å². The van der Waals surface area contributed by atoms with Gasteiger partial charge in [0.05, 0.1) is 0 Å². The number of carboxylic acids is 1. The summed E-state index contributed by atoms with van der Waals surface area (Å²) >= 11 is 0. The van der Waals surface area contributed by atoms with E-state index in [2.05, 4.69) is 24.3 Å². The highest BCUT2D eigenvalue weighted by Gasteiger charge is 2.54. The molecule has 1 fully saturated rings. The molecule has 0 heterocycles. The van der Waals surface area contributed by atoms with Gasteiger partial charge < -0.3 is 5.11 Å². The zero-order valence-electron chi connectivity index (χ0n) is 11.1.